The number of ether oxygens (including phenoxy) is 2. The Morgan fingerprint density at radius 3 is 2.89 bits per heavy atom. The molecule has 0 spiro atoms. The topological polar surface area (TPSA) is 134 Å². The van der Waals surface area contributed by atoms with Gasteiger partial charge in [0.05, 0.1) is 35.4 Å². The molecule has 0 fully saturated rings. The first-order valence-electron chi connectivity index (χ1n) is 12.6. The Morgan fingerprint density at radius 1 is 1.26 bits per heavy atom. The molecule has 0 saturated carbocycles. The highest BCUT2D eigenvalue weighted by molar-refractivity contribution is 7.19. The molecule has 4 aromatic rings. The summed E-state index contributed by atoms with van der Waals surface area (Å²) in [5.74, 6) is 1.44. The lowest BCUT2D eigenvalue weighted by molar-refractivity contribution is -0.133. The number of aromatic amines is 1. The number of H-pyrrole nitrogens is 1. The number of anilines is 2. The van der Waals surface area contributed by atoms with Gasteiger partial charge in [0.1, 0.15) is 29.3 Å². The van der Waals surface area contributed by atoms with Gasteiger partial charge in [0.25, 0.3) is 0 Å². The Kier molecular flexibility index (Phi) is 7.32. The van der Waals surface area contributed by atoms with Crippen molar-refractivity contribution >= 4 is 56.0 Å². The zero-order valence-corrected chi connectivity index (χ0v) is 22.6. The van der Waals surface area contributed by atoms with Crippen LogP contribution in [0.25, 0.3) is 21.1 Å². The quantitative estimate of drug-likeness (QED) is 0.287. The zero-order chi connectivity index (χ0) is 26.8. The summed E-state index contributed by atoms with van der Waals surface area (Å²) in [6.45, 7) is 4.12. The second-order valence-corrected chi connectivity index (χ2v) is 10.8. The number of fused-ring (bicyclic) bond motifs is 4. The predicted molar refractivity (Wildman–Crippen MR) is 146 cm³/mol. The predicted octanol–water partition coefficient (Wildman–Crippen LogP) is 4.02. The molecule has 0 radical (unpaired) electrons. The van der Waals surface area contributed by atoms with E-state index in [1.54, 1.807) is 56.7 Å². The van der Waals surface area contributed by atoms with E-state index in [1.807, 2.05) is 12.1 Å². The Morgan fingerprint density at radius 2 is 2.11 bits per heavy atom. The normalized spacial score (nSPS) is 14.9. The number of hydrogen-bond donors (Lipinski definition) is 3. The van der Waals surface area contributed by atoms with Crippen molar-refractivity contribution in [1.82, 2.24) is 30.4 Å². The Labute approximate surface area is 223 Å². The fourth-order valence-corrected chi connectivity index (χ4v) is 5.93. The van der Waals surface area contributed by atoms with Crippen LogP contribution in [0.1, 0.15) is 30.7 Å². The molecule has 1 aromatic carbocycles. The van der Waals surface area contributed by atoms with Crippen molar-refractivity contribution in [2.45, 2.75) is 39.2 Å². The van der Waals surface area contributed by atoms with E-state index in [2.05, 4.69) is 30.8 Å². The standard InChI is InChI=1S/C26H31N7O4S/c1-14(2)37-26(35)27-7-8-36-20-11-18-16(12-30-32-18)9-19(20)31-23-22-17-6-5-15(25(34)33(3)4)10-21(17)38-24(22)29-13-28-23/h9,11-15H,5-8,10H2,1-4H3,(H,27,35)(H,30,32)(H,28,29,31)/t15-/m0/s1. The minimum Gasteiger partial charge on any atom is -0.489 e. The highest BCUT2D eigenvalue weighted by atomic mass is 32.1. The summed E-state index contributed by atoms with van der Waals surface area (Å²) in [6, 6.07) is 3.82. The van der Waals surface area contributed by atoms with E-state index in [1.165, 1.54) is 10.4 Å². The first-order chi connectivity index (χ1) is 18.3. The van der Waals surface area contributed by atoms with Gasteiger partial charge >= 0.3 is 6.09 Å². The van der Waals surface area contributed by atoms with Crippen molar-refractivity contribution < 1.29 is 19.1 Å². The third kappa shape index (κ3) is 5.35. The molecule has 2 amide bonds. The van der Waals surface area contributed by atoms with Gasteiger partial charge < -0.3 is 25.0 Å². The van der Waals surface area contributed by atoms with Gasteiger partial charge in [0.2, 0.25) is 5.91 Å². The third-order valence-electron chi connectivity index (χ3n) is 6.40. The summed E-state index contributed by atoms with van der Waals surface area (Å²) in [7, 11) is 3.61. The summed E-state index contributed by atoms with van der Waals surface area (Å²) in [5, 5.41) is 15.2. The number of hydrogen-bond acceptors (Lipinski definition) is 9. The SMILES string of the molecule is CC(C)OC(=O)NCCOc1cc2[nH]ncc2cc1Nc1ncnc2sc3c(c12)CC[C@H](C(=O)N(C)C)C3. The molecular weight excluding hydrogens is 506 g/mol. The molecule has 0 bridgehead atoms. The van der Waals surface area contributed by atoms with Crippen molar-refractivity contribution in [2.75, 3.05) is 32.6 Å². The van der Waals surface area contributed by atoms with Crippen LogP contribution in [-0.4, -0.2) is 70.4 Å². The number of rotatable bonds is 8. The molecule has 12 heteroatoms. The van der Waals surface area contributed by atoms with Gasteiger partial charge in [-0.1, -0.05) is 0 Å². The Hall–Kier alpha value is -3.93. The van der Waals surface area contributed by atoms with Crippen LogP contribution in [0.2, 0.25) is 0 Å². The Balaban J connectivity index is 1.39. The average molecular weight is 538 g/mol. The number of alkyl carbamates (subject to hydrolysis) is 1. The number of aryl methyl sites for hydroxylation is 1. The van der Waals surface area contributed by atoms with E-state index in [0.717, 1.165) is 39.6 Å². The van der Waals surface area contributed by atoms with Gasteiger partial charge in [0.15, 0.2) is 0 Å². The fourth-order valence-electron chi connectivity index (χ4n) is 4.67. The first kappa shape index (κ1) is 25.7. The van der Waals surface area contributed by atoms with Crippen LogP contribution in [0.5, 0.6) is 5.75 Å². The summed E-state index contributed by atoms with van der Waals surface area (Å²) in [5.41, 5.74) is 2.76. The molecule has 1 atom stereocenters. The molecule has 0 aliphatic heterocycles. The molecule has 200 valence electrons. The number of benzene rings is 1. The number of aromatic nitrogens is 4. The van der Waals surface area contributed by atoms with Crippen LogP contribution in [0, 0.1) is 5.92 Å². The lowest BCUT2D eigenvalue weighted by Gasteiger charge is -2.24. The number of amides is 2. The number of carbonyl (C=O) groups excluding carboxylic acids is 2. The van der Waals surface area contributed by atoms with Gasteiger partial charge in [-0.15, -0.1) is 11.3 Å². The monoisotopic (exact) mass is 537 g/mol. The van der Waals surface area contributed by atoms with E-state index >= 15 is 0 Å². The van der Waals surface area contributed by atoms with E-state index in [0.29, 0.717) is 18.0 Å². The molecule has 5 rings (SSSR count). The van der Waals surface area contributed by atoms with Crippen molar-refractivity contribution in [2.24, 2.45) is 5.92 Å². The summed E-state index contributed by atoms with van der Waals surface area (Å²) >= 11 is 1.63. The largest absolute Gasteiger partial charge is 0.489 e. The van der Waals surface area contributed by atoms with E-state index in [-0.39, 0.29) is 31.1 Å². The third-order valence-corrected chi connectivity index (χ3v) is 7.56. The summed E-state index contributed by atoms with van der Waals surface area (Å²) in [4.78, 5) is 37.2. The zero-order valence-electron chi connectivity index (χ0n) is 21.8. The van der Waals surface area contributed by atoms with Crippen LogP contribution in [0.4, 0.5) is 16.3 Å². The molecule has 1 aliphatic carbocycles. The maximum Gasteiger partial charge on any atom is 0.407 e. The minimum absolute atomic E-state index is 0.00939. The molecule has 0 unspecified atom stereocenters. The second kappa shape index (κ2) is 10.8. The molecule has 0 saturated heterocycles. The number of nitrogens with one attached hydrogen (secondary N) is 3. The molecule has 38 heavy (non-hydrogen) atoms. The van der Waals surface area contributed by atoms with Crippen molar-refractivity contribution in [1.29, 1.82) is 0 Å². The highest BCUT2D eigenvalue weighted by Gasteiger charge is 2.30. The van der Waals surface area contributed by atoms with E-state index in [4.69, 9.17) is 9.47 Å². The second-order valence-electron chi connectivity index (χ2n) is 9.74. The summed E-state index contributed by atoms with van der Waals surface area (Å²) < 4.78 is 11.1. The van der Waals surface area contributed by atoms with Gasteiger partial charge in [-0.2, -0.15) is 5.10 Å². The maximum absolute atomic E-state index is 12.6. The van der Waals surface area contributed by atoms with Crippen molar-refractivity contribution in [3.05, 3.63) is 35.1 Å². The van der Waals surface area contributed by atoms with Crippen LogP contribution in [0.15, 0.2) is 24.7 Å². The van der Waals surface area contributed by atoms with Gasteiger partial charge in [-0.05, 0) is 44.7 Å². The van der Waals surface area contributed by atoms with Crippen LogP contribution in [0.3, 0.4) is 0 Å². The molecule has 11 nitrogen and oxygen atoms in total. The highest BCUT2D eigenvalue weighted by Crippen LogP contribution is 2.41. The Bertz CT molecular complexity index is 1480. The van der Waals surface area contributed by atoms with Crippen LogP contribution in [-0.2, 0) is 22.4 Å². The maximum atomic E-state index is 12.6. The number of thiophene rings is 1. The summed E-state index contributed by atoms with van der Waals surface area (Å²) in [6.07, 6.45) is 4.94. The molecule has 3 aromatic heterocycles. The van der Waals surface area contributed by atoms with Crippen LogP contribution >= 0.6 is 11.3 Å². The lowest BCUT2D eigenvalue weighted by Crippen LogP contribution is -2.32. The number of nitrogens with zero attached hydrogens (tertiary/aromatic N) is 4. The van der Waals surface area contributed by atoms with Gasteiger partial charge in [-0.3, -0.25) is 9.89 Å². The molecular formula is C26H31N7O4S. The molecule has 3 heterocycles. The smallest absolute Gasteiger partial charge is 0.407 e. The van der Waals surface area contributed by atoms with Gasteiger partial charge in [0, 0.05) is 36.3 Å². The fraction of sp³-hybridized carbons (Fsp3) is 0.423. The molecule has 3 N–H and O–H groups in total. The van der Waals surface area contributed by atoms with Crippen LogP contribution < -0.4 is 15.4 Å². The number of carbonyl (C=O) groups is 2. The van der Waals surface area contributed by atoms with Gasteiger partial charge in [-0.25, -0.2) is 14.8 Å². The lowest BCUT2D eigenvalue weighted by atomic mass is 9.87. The van der Waals surface area contributed by atoms with E-state index in [9.17, 15) is 9.59 Å². The minimum atomic E-state index is -0.480. The van der Waals surface area contributed by atoms with E-state index < -0.39 is 6.09 Å². The first-order valence-corrected chi connectivity index (χ1v) is 13.4. The van der Waals surface area contributed by atoms with Crippen molar-refractivity contribution in [3.63, 3.8) is 0 Å². The average Bonchev–Trinajstić information content (AvgIpc) is 3.49. The molecule has 1 aliphatic rings. The van der Waals surface area contributed by atoms with Crippen molar-refractivity contribution in [3.8, 4) is 5.75 Å².